The van der Waals surface area contributed by atoms with E-state index in [4.69, 9.17) is 9.31 Å². The van der Waals surface area contributed by atoms with Crippen LogP contribution in [0.4, 0.5) is 0 Å². The highest BCUT2D eigenvalue weighted by molar-refractivity contribution is 6.51. The van der Waals surface area contributed by atoms with Crippen molar-refractivity contribution >= 4 is 7.12 Å². The largest absolute Gasteiger partial charge is 0.487 e. The molecule has 1 fully saturated rings. The summed E-state index contributed by atoms with van der Waals surface area (Å²) in [7, 11) is -0.260. The molecule has 15 heavy (non-hydrogen) atoms. The molecule has 1 aliphatic rings. The second-order valence-corrected chi connectivity index (χ2v) is 4.63. The second kappa shape index (κ2) is 4.37. The van der Waals surface area contributed by atoms with Gasteiger partial charge in [-0.15, -0.1) is 0 Å². The molecule has 1 rings (SSSR count). The summed E-state index contributed by atoms with van der Waals surface area (Å²) < 4.78 is 11.6. The molecule has 1 saturated heterocycles. The normalized spacial score (nSPS) is 24.1. The molecular weight excluding hydrogens is 187 g/mol. The standard InChI is InChI=1S/C12H19BO2/c1-6-7-8-9-10-13-14-11(2,3)12(4,5)15-13/h6-10H,1H2,2-5H3/b8-7+,10-9+. The van der Waals surface area contributed by atoms with E-state index in [0.717, 1.165) is 0 Å². The first-order valence-corrected chi connectivity index (χ1v) is 5.20. The van der Waals surface area contributed by atoms with Crippen molar-refractivity contribution in [3.05, 3.63) is 36.9 Å². The lowest BCUT2D eigenvalue weighted by atomic mass is 9.90. The van der Waals surface area contributed by atoms with Gasteiger partial charge in [0, 0.05) is 0 Å². The lowest BCUT2D eigenvalue weighted by Gasteiger charge is -2.32. The number of allylic oxidation sites excluding steroid dienone is 4. The highest BCUT2D eigenvalue weighted by Gasteiger charge is 2.49. The molecule has 0 aromatic rings. The molecule has 1 heterocycles. The van der Waals surface area contributed by atoms with Crippen LogP contribution >= 0.6 is 0 Å². The summed E-state index contributed by atoms with van der Waals surface area (Å²) in [5.41, 5.74) is -0.520. The van der Waals surface area contributed by atoms with Gasteiger partial charge in [-0.3, -0.25) is 0 Å². The Kier molecular flexibility index (Phi) is 3.58. The summed E-state index contributed by atoms with van der Waals surface area (Å²) in [6, 6.07) is 0. The fourth-order valence-electron chi connectivity index (χ4n) is 1.26. The minimum atomic E-state index is -0.260. The second-order valence-electron chi connectivity index (χ2n) is 4.63. The Hall–Kier alpha value is -0.795. The fourth-order valence-corrected chi connectivity index (χ4v) is 1.26. The van der Waals surface area contributed by atoms with Crippen LogP contribution in [0.15, 0.2) is 36.9 Å². The summed E-state index contributed by atoms with van der Waals surface area (Å²) >= 11 is 0. The van der Waals surface area contributed by atoms with Crippen LogP contribution in [0.25, 0.3) is 0 Å². The third-order valence-electron chi connectivity index (χ3n) is 2.90. The van der Waals surface area contributed by atoms with Crippen molar-refractivity contribution in [2.24, 2.45) is 0 Å². The molecule has 3 heteroatoms. The highest BCUT2D eigenvalue weighted by Crippen LogP contribution is 2.36. The van der Waals surface area contributed by atoms with Crippen LogP contribution in [-0.2, 0) is 9.31 Å². The van der Waals surface area contributed by atoms with Crippen molar-refractivity contribution < 1.29 is 9.31 Å². The van der Waals surface area contributed by atoms with Crippen LogP contribution in [0.3, 0.4) is 0 Å². The smallest absolute Gasteiger partial charge is 0.400 e. The van der Waals surface area contributed by atoms with E-state index >= 15 is 0 Å². The van der Waals surface area contributed by atoms with E-state index in [1.807, 2.05) is 51.9 Å². The van der Waals surface area contributed by atoms with Crippen LogP contribution in [-0.4, -0.2) is 18.3 Å². The molecular formula is C12H19BO2. The molecule has 0 aliphatic carbocycles. The van der Waals surface area contributed by atoms with Gasteiger partial charge in [0.1, 0.15) is 0 Å². The van der Waals surface area contributed by atoms with Gasteiger partial charge in [-0.05, 0) is 27.7 Å². The molecule has 0 N–H and O–H groups in total. The van der Waals surface area contributed by atoms with Gasteiger partial charge in [0.15, 0.2) is 0 Å². The molecule has 0 atom stereocenters. The van der Waals surface area contributed by atoms with Crippen molar-refractivity contribution in [2.75, 3.05) is 0 Å². The molecule has 0 amide bonds. The Morgan fingerprint density at radius 1 is 0.933 bits per heavy atom. The van der Waals surface area contributed by atoms with E-state index in [1.54, 1.807) is 6.08 Å². The molecule has 1 aliphatic heterocycles. The minimum absolute atomic E-state index is 0.260. The van der Waals surface area contributed by atoms with Crippen LogP contribution < -0.4 is 0 Å². The Bertz CT molecular complexity index is 274. The van der Waals surface area contributed by atoms with E-state index in [0.29, 0.717) is 0 Å². The lowest BCUT2D eigenvalue weighted by Crippen LogP contribution is -2.41. The third-order valence-corrected chi connectivity index (χ3v) is 2.90. The molecule has 0 saturated carbocycles. The lowest BCUT2D eigenvalue weighted by molar-refractivity contribution is 0.00578. The Morgan fingerprint density at radius 3 is 1.93 bits per heavy atom. The van der Waals surface area contributed by atoms with Crippen molar-refractivity contribution in [3.63, 3.8) is 0 Å². The predicted molar refractivity (Wildman–Crippen MR) is 64.6 cm³/mol. The van der Waals surface area contributed by atoms with E-state index in [1.165, 1.54) is 0 Å². The maximum absolute atomic E-state index is 5.78. The van der Waals surface area contributed by atoms with Crippen LogP contribution in [0.1, 0.15) is 27.7 Å². The Labute approximate surface area is 92.8 Å². The summed E-state index contributed by atoms with van der Waals surface area (Å²) in [5, 5.41) is 0. The zero-order chi connectivity index (χ0) is 11.5. The molecule has 0 spiro atoms. The van der Waals surface area contributed by atoms with Gasteiger partial charge in [0.2, 0.25) is 0 Å². The highest BCUT2D eigenvalue weighted by atomic mass is 16.7. The van der Waals surface area contributed by atoms with Gasteiger partial charge in [-0.2, -0.15) is 0 Å². The number of rotatable bonds is 3. The molecule has 0 unspecified atom stereocenters. The molecule has 0 aromatic heterocycles. The Morgan fingerprint density at radius 2 is 1.47 bits per heavy atom. The summed E-state index contributed by atoms with van der Waals surface area (Å²) in [4.78, 5) is 0. The summed E-state index contributed by atoms with van der Waals surface area (Å²) in [6.45, 7) is 11.8. The summed E-state index contributed by atoms with van der Waals surface area (Å²) in [6.07, 6.45) is 7.40. The van der Waals surface area contributed by atoms with Crippen molar-refractivity contribution in [2.45, 2.75) is 38.9 Å². The zero-order valence-corrected chi connectivity index (χ0v) is 9.99. The fraction of sp³-hybridized carbons (Fsp3) is 0.500. The van der Waals surface area contributed by atoms with Crippen LogP contribution in [0.5, 0.6) is 0 Å². The van der Waals surface area contributed by atoms with Gasteiger partial charge in [0.05, 0.1) is 11.2 Å². The van der Waals surface area contributed by atoms with Crippen molar-refractivity contribution in [3.8, 4) is 0 Å². The van der Waals surface area contributed by atoms with Crippen LogP contribution in [0, 0.1) is 0 Å². The van der Waals surface area contributed by atoms with E-state index in [2.05, 4.69) is 6.58 Å². The maximum Gasteiger partial charge on any atom is 0.487 e. The topological polar surface area (TPSA) is 18.5 Å². The SMILES string of the molecule is C=C/C=C/C=C/B1OC(C)(C)C(C)(C)O1. The van der Waals surface area contributed by atoms with Gasteiger partial charge in [-0.25, -0.2) is 0 Å². The van der Waals surface area contributed by atoms with Gasteiger partial charge < -0.3 is 9.31 Å². The monoisotopic (exact) mass is 206 g/mol. The molecule has 2 nitrogen and oxygen atoms in total. The average molecular weight is 206 g/mol. The van der Waals surface area contributed by atoms with E-state index in [9.17, 15) is 0 Å². The van der Waals surface area contributed by atoms with Gasteiger partial charge >= 0.3 is 7.12 Å². The first kappa shape index (κ1) is 12.3. The average Bonchev–Trinajstić information content (AvgIpc) is 2.30. The molecule has 0 aromatic carbocycles. The summed E-state index contributed by atoms with van der Waals surface area (Å²) in [5.74, 6) is 1.90. The third kappa shape index (κ3) is 2.83. The molecule has 0 radical (unpaired) electrons. The number of hydrogen-bond acceptors (Lipinski definition) is 2. The Balaban J connectivity index is 2.60. The van der Waals surface area contributed by atoms with E-state index < -0.39 is 0 Å². The first-order valence-electron chi connectivity index (χ1n) is 5.20. The van der Waals surface area contributed by atoms with Crippen LogP contribution in [0.2, 0.25) is 0 Å². The predicted octanol–water partition coefficient (Wildman–Crippen LogP) is 2.92. The van der Waals surface area contributed by atoms with Gasteiger partial charge in [0.25, 0.3) is 0 Å². The molecule has 0 bridgehead atoms. The zero-order valence-electron chi connectivity index (χ0n) is 9.99. The molecule has 82 valence electrons. The number of hydrogen-bond donors (Lipinski definition) is 0. The quantitative estimate of drug-likeness (QED) is 0.522. The first-order chi connectivity index (χ1) is 6.89. The van der Waals surface area contributed by atoms with E-state index in [-0.39, 0.29) is 18.3 Å². The van der Waals surface area contributed by atoms with Crippen molar-refractivity contribution in [1.29, 1.82) is 0 Å². The van der Waals surface area contributed by atoms with Gasteiger partial charge in [-0.1, -0.05) is 36.9 Å². The van der Waals surface area contributed by atoms with Crippen molar-refractivity contribution in [1.82, 2.24) is 0 Å². The maximum atomic E-state index is 5.78. The minimum Gasteiger partial charge on any atom is -0.400 e.